The molecule has 0 saturated carbocycles. The topological polar surface area (TPSA) is 47.3 Å². The van der Waals surface area contributed by atoms with Crippen molar-refractivity contribution in [2.24, 2.45) is 0 Å². The Morgan fingerprint density at radius 3 is 2.95 bits per heavy atom. The number of benzene rings is 1. The Labute approximate surface area is 125 Å². The van der Waals surface area contributed by atoms with Crippen LogP contribution in [0.1, 0.15) is 25.3 Å². The van der Waals surface area contributed by atoms with Crippen LogP contribution in [0.15, 0.2) is 33.3 Å². The van der Waals surface area contributed by atoms with Crippen LogP contribution in [-0.4, -0.2) is 11.2 Å². The number of halogens is 2. The molecule has 0 aliphatic heterocycles. The summed E-state index contributed by atoms with van der Waals surface area (Å²) in [5, 5.41) is 7.18. The minimum absolute atomic E-state index is 0.205. The second-order valence-electron chi connectivity index (χ2n) is 4.68. The number of hydrogen-bond donors (Lipinski definition) is 1. The minimum Gasteiger partial charge on any atom is -0.484 e. The van der Waals surface area contributed by atoms with E-state index in [-0.39, 0.29) is 12.4 Å². The van der Waals surface area contributed by atoms with E-state index in [1.807, 2.05) is 6.07 Å². The van der Waals surface area contributed by atoms with E-state index in [2.05, 4.69) is 40.3 Å². The van der Waals surface area contributed by atoms with Crippen molar-refractivity contribution in [1.29, 1.82) is 0 Å². The highest BCUT2D eigenvalue weighted by Gasteiger charge is 2.08. The third-order valence-electron chi connectivity index (χ3n) is 2.56. The standard InChI is InChI=1S/C14H16BrFN2O2/c1-9(2)17-7-11-6-12(20-18-11)8-19-14-5-10(16)3-4-13(14)15/h3-6,9,17H,7-8H2,1-2H3. The number of nitrogens with zero attached hydrogens (tertiary/aromatic N) is 1. The van der Waals surface area contributed by atoms with Gasteiger partial charge in [0.2, 0.25) is 0 Å². The molecule has 6 heteroatoms. The van der Waals surface area contributed by atoms with E-state index in [0.29, 0.717) is 28.6 Å². The van der Waals surface area contributed by atoms with Crippen LogP contribution in [-0.2, 0) is 13.2 Å². The van der Waals surface area contributed by atoms with Gasteiger partial charge in [-0.05, 0) is 28.1 Å². The molecule has 0 atom stereocenters. The molecule has 1 N–H and O–H groups in total. The van der Waals surface area contributed by atoms with Gasteiger partial charge in [-0.3, -0.25) is 0 Å². The third kappa shape index (κ3) is 4.31. The van der Waals surface area contributed by atoms with Gasteiger partial charge < -0.3 is 14.6 Å². The highest BCUT2D eigenvalue weighted by Crippen LogP contribution is 2.26. The number of aromatic nitrogens is 1. The Balaban J connectivity index is 1.92. The lowest BCUT2D eigenvalue weighted by Gasteiger charge is -2.05. The Morgan fingerprint density at radius 2 is 2.20 bits per heavy atom. The van der Waals surface area contributed by atoms with Crippen LogP contribution < -0.4 is 10.1 Å². The average Bonchev–Trinajstić information content (AvgIpc) is 2.85. The number of hydrogen-bond acceptors (Lipinski definition) is 4. The number of rotatable bonds is 6. The molecule has 4 nitrogen and oxygen atoms in total. The zero-order valence-corrected chi connectivity index (χ0v) is 12.9. The molecule has 0 aliphatic carbocycles. The molecular formula is C14H16BrFN2O2. The molecule has 1 aromatic carbocycles. The molecule has 0 spiro atoms. The fourth-order valence-electron chi connectivity index (χ4n) is 1.55. The molecule has 108 valence electrons. The van der Waals surface area contributed by atoms with Gasteiger partial charge in [0, 0.05) is 24.7 Å². The third-order valence-corrected chi connectivity index (χ3v) is 3.22. The fourth-order valence-corrected chi connectivity index (χ4v) is 1.91. The van der Waals surface area contributed by atoms with E-state index in [1.165, 1.54) is 12.1 Å². The van der Waals surface area contributed by atoms with E-state index in [0.717, 1.165) is 5.69 Å². The van der Waals surface area contributed by atoms with Gasteiger partial charge in [0.1, 0.15) is 18.2 Å². The maximum atomic E-state index is 13.1. The quantitative estimate of drug-likeness (QED) is 0.870. The number of nitrogens with one attached hydrogen (secondary N) is 1. The minimum atomic E-state index is -0.345. The fraction of sp³-hybridized carbons (Fsp3) is 0.357. The summed E-state index contributed by atoms with van der Waals surface area (Å²) < 4.78 is 24.5. The summed E-state index contributed by atoms with van der Waals surface area (Å²) in [6, 6.07) is 6.49. The summed E-state index contributed by atoms with van der Waals surface area (Å²) in [4.78, 5) is 0. The summed E-state index contributed by atoms with van der Waals surface area (Å²) in [5.74, 6) is 0.688. The zero-order chi connectivity index (χ0) is 14.5. The first kappa shape index (κ1) is 15.0. The molecule has 0 fully saturated rings. The van der Waals surface area contributed by atoms with Gasteiger partial charge in [0.15, 0.2) is 5.76 Å². The maximum Gasteiger partial charge on any atom is 0.174 e. The van der Waals surface area contributed by atoms with Gasteiger partial charge in [-0.1, -0.05) is 19.0 Å². The van der Waals surface area contributed by atoms with Crippen LogP contribution in [0.2, 0.25) is 0 Å². The van der Waals surface area contributed by atoms with Gasteiger partial charge >= 0.3 is 0 Å². The van der Waals surface area contributed by atoms with Crippen LogP contribution >= 0.6 is 15.9 Å². The molecule has 0 radical (unpaired) electrons. The van der Waals surface area contributed by atoms with E-state index < -0.39 is 0 Å². The van der Waals surface area contributed by atoms with Gasteiger partial charge in [0.25, 0.3) is 0 Å². The van der Waals surface area contributed by atoms with Crippen molar-refractivity contribution in [1.82, 2.24) is 10.5 Å². The molecular weight excluding hydrogens is 327 g/mol. The monoisotopic (exact) mass is 342 g/mol. The summed E-state index contributed by atoms with van der Waals surface area (Å²) >= 11 is 3.30. The highest BCUT2D eigenvalue weighted by molar-refractivity contribution is 9.10. The molecule has 1 heterocycles. The van der Waals surface area contributed by atoms with E-state index in [9.17, 15) is 4.39 Å². The zero-order valence-electron chi connectivity index (χ0n) is 11.3. The molecule has 0 unspecified atom stereocenters. The summed E-state index contributed by atoms with van der Waals surface area (Å²) in [6.07, 6.45) is 0. The van der Waals surface area contributed by atoms with Crippen molar-refractivity contribution in [3.63, 3.8) is 0 Å². The molecule has 2 rings (SSSR count). The molecule has 0 aliphatic rings. The van der Waals surface area contributed by atoms with Crippen molar-refractivity contribution < 1.29 is 13.7 Å². The molecule has 0 bridgehead atoms. The van der Waals surface area contributed by atoms with Gasteiger partial charge in [-0.15, -0.1) is 0 Å². The van der Waals surface area contributed by atoms with Crippen LogP contribution in [0, 0.1) is 5.82 Å². The molecule has 2 aromatic rings. The van der Waals surface area contributed by atoms with Crippen LogP contribution in [0.5, 0.6) is 5.75 Å². The lowest BCUT2D eigenvalue weighted by Crippen LogP contribution is -2.21. The van der Waals surface area contributed by atoms with Crippen LogP contribution in [0.4, 0.5) is 4.39 Å². The van der Waals surface area contributed by atoms with Crippen molar-refractivity contribution in [2.75, 3.05) is 0 Å². The first-order chi connectivity index (χ1) is 9.54. The van der Waals surface area contributed by atoms with E-state index >= 15 is 0 Å². The Morgan fingerprint density at radius 1 is 1.40 bits per heavy atom. The summed E-state index contributed by atoms with van der Waals surface area (Å²) in [5.41, 5.74) is 0.815. The van der Waals surface area contributed by atoms with Crippen LogP contribution in [0.3, 0.4) is 0 Å². The second kappa shape index (κ2) is 6.85. The van der Waals surface area contributed by atoms with Gasteiger partial charge in [-0.25, -0.2) is 4.39 Å². The van der Waals surface area contributed by atoms with E-state index in [1.54, 1.807) is 6.07 Å². The Bertz CT molecular complexity index is 572. The molecule has 1 aromatic heterocycles. The predicted octanol–water partition coefficient (Wildman–Crippen LogP) is 3.65. The van der Waals surface area contributed by atoms with Crippen molar-refractivity contribution >= 4 is 15.9 Å². The Hall–Kier alpha value is -1.40. The lowest BCUT2D eigenvalue weighted by molar-refractivity contribution is 0.246. The van der Waals surface area contributed by atoms with Crippen molar-refractivity contribution in [2.45, 2.75) is 33.0 Å². The van der Waals surface area contributed by atoms with Crippen LogP contribution in [0.25, 0.3) is 0 Å². The van der Waals surface area contributed by atoms with Crippen molar-refractivity contribution in [3.8, 4) is 5.75 Å². The second-order valence-corrected chi connectivity index (χ2v) is 5.54. The van der Waals surface area contributed by atoms with Gasteiger partial charge in [-0.2, -0.15) is 0 Å². The SMILES string of the molecule is CC(C)NCc1cc(COc2cc(F)ccc2Br)on1. The normalized spacial score (nSPS) is 11.1. The van der Waals surface area contributed by atoms with Crippen molar-refractivity contribution in [3.05, 3.63) is 46.0 Å². The molecule has 0 saturated heterocycles. The largest absolute Gasteiger partial charge is 0.484 e. The summed E-state index contributed by atoms with van der Waals surface area (Å²) in [6.45, 7) is 4.97. The lowest BCUT2D eigenvalue weighted by atomic mass is 10.3. The highest BCUT2D eigenvalue weighted by atomic mass is 79.9. The van der Waals surface area contributed by atoms with Gasteiger partial charge in [0.05, 0.1) is 10.2 Å². The molecule has 0 amide bonds. The first-order valence-electron chi connectivity index (χ1n) is 6.30. The predicted molar refractivity (Wildman–Crippen MR) is 76.9 cm³/mol. The number of ether oxygens (including phenoxy) is 1. The first-order valence-corrected chi connectivity index (χ1v) is 7.09. The maximum absolute atomic E-state index is 13.1. The molecule has 20 heavy (non-hydrogen) atoms. The Kier molecular flexibility index (Phi) is 5.14. The summed E-state index contributed by atoms with van der Waals surface area (Å²) in [7, 11) is 0. The van der Waals surface area contributed by atoms with E-state index in [4.69, 9.17) is 9.26 Å². The average molecular weight is 343 g/mol. The smallest absolute Gasteiger partial charge is 0.174 e.